The van der Waals surface area contributed by atoms with Gasteiger partial charge >= 0.3 is 0 Å². The Balaban J connectivity index is 1.81. The second-order valence-corrected chi connectivity index (χ2v) is 5.15. The summed E-state index contributed by atoms with van der Waals surface area (Å²) in [5.74, 6) is 1.34. The first-order valence-corrected chi connectivity index (χ1v) is 6.80. The summed E-state index contributed by atoms with van der Waals surface area (Å²) in [7, 11) is 0. The summed E-state index contributed by atoms with van der Waals surface area (Å²) in [6.45, 7) is 4.18. The van der Waals surface area contributed by atoms with E-state index in [9.17, 15) is 5.11 Å². The standard InChI is InChI=1S/C17H16N2O2/c1-11-3-4-13(9-12(11)2)10-16-18-17(19-21-16)14-5-7-15(20)8-6-14/h3-9,20H,10H2,1-2H3. The molecule has 1 aromatic heterocycles. The van der Waals surface area contributed by atoms with Crippen LogP contribution in [0.15, 0.2) is 47.0 Å². The first-order chi connectivity index (χ1) is 10.1. The first kappa shape index (κ1) is 13.4. The summed E-state index contributed by atoms with van der Waals surface area (Å²) in [6.07, 6.45) is 0.617. The van der Waals surface area contributed by atoms with E-state index in [-0.39, 0.29) is 5.75 Å². The van der Waals surface area contributed by atoms with E-state index in [1.54, 1.807) is 24.3 Å². The third kappa shape index (κ3) is 2.94. The Morgan fingerprint density at radius 3 is 2.48 bits per heavy atom. The number of aromatic nitrogens is 2. The molecule has 4 nitrogen and oxygen atoms in total. The molecular formula is C17H16N2O2. The zero-order valence-electron chi connectivity index (χ0n) is 12.0. The number of nitrogens with zero attached hydrogens (tertiary/aromatic N) is 2. The highest BCUT2D eigenvalue weighted by Gasteiger charge is 2.09. The van der Waals surface area contributed by atoms with Crippen molar-refractivity contribution in [3.8, 4) is 17.1 Å². The van der Waals surface area contributed by atoms with Gasteiger partial charge in [0.05, 0.1) is 6.42 Å². The number of aryl methyl sites for hydroxylation is 2. The normalized spacial score (nSPS) is 10.8. The van der Waals surface area contributed by atoms with E-state index < -0.39 is 0 Å². The molecule has 0 atom stereocenters. The Bertz CT molecular complexity index is 761. The lowest BCUT2D eigenvalue weighted by Gasteiger charge is -2.02. The van der Waals surface area contributed by atoms with E-state index in [0.29, 0.717) is 18.1 Å². The van der Waals surface area contributed by atoms with Crippen LogP contribution >= 0.6 is 0 Å². The average molecular weight is 280 g/mol. The molecule has 1 heterocycles. The monoisotopic (exact) mass is 280 g/mol. The molecule has 21 heavy (non-hydrogen) atoms. The van der Waals surface area contributed by atoms with Crippen LogP contribution in [0.5, 0.6) is 5.75 Å². The molecule has 1 N–H and O–H groups in total. The quantitative estimate of drug-likeness (QED) is 0.795. The second kappa shape index (κ2) is 5.40. The van der Waals surface area contributed by atoms with Crippen LogP contribution in [-0.4, -0.2) is 15.2 Å². The molecule has 0 radical (unpaired) electrons. The lowest BCUT2D eigenvalue weighted by Crippen LogP contribution is -1.91. The Morgan fingerprint density at radius 2 is 1.76 bits per heavy atom. The summed E-state index contributed by atoms with van der Waals surface area (Å²) in [5.41, 5.74) is 4.50. The largest absolute Gasteiger partial charge is 0.508 e. The maximum Gasteiger partial charge on any atom is 0.231 e. The molecule has 2 aromatic carbocycles. The molecule has 0 bridgehead atoms. The fraction of sp³-hybridized carbons (Fsp3) is 0.176. The van der Waals surface area contributed by atoms with Gasteiger partial charge in [-0.3, -0.25) is 0 Å². The molecule has 0 unspecified atom stereocenters. The van der Waals surface area contributed by atoms with Crippen molar-refractivity contribution in [2.45, 2.75) is 20.3 Å². The van der Waals surface area contributed by atoms with Gasteiger partial charge in [-0.15, -0.1) is 0 Å². The molecule has 0 spiro atoms. The van der Waals surface area contributed by atoms with Crippen LogP contribution in [0.1, 0.15) is 22.6 Å². The van der Waals surface area contributed by atoms with Crippen molar-refractivity contribution < 1.29 is 9.63 Å². The van der Waals surface area contributed by atoms with E-state index in [4.69, 9.17) is 4.52 Å². The van der Waals surface area contributed by atoms with Crippen molar-refractivity contribution in [1.82, 2.24) is 10.1 Å². The number of rotatable bonds is 3. The predicted molar refractivity (Wildman–Crippen MR) is 80.1 cm³/mol. The molecule has 0 aliphatic carbocycles. The summed E-state index contributed by atoms with van der Waals surface area (Å²) in [6, 6.07) is 13.1. The maximum absolute atomic E-state index is 9.29. The highest BCUT2D eigenvalue weighted by atomic mass is 16.5. The molecule has 0 fully saturated rings. The van der Waals surface area contributed by atoms with Gasteiger partial charge in [0.15, 0.2) is 0 Å². The third-order valence-corrected chi connectivity index (χ3v) is 3.52. The van der Waals surface area contributed by atoms with Gasteiger partial charge in [-0.25, -0.2) is 0 Å². The zero-order valence-corrected chi connectivity index (χ0v) is 12.0. The summed E-state index contributed by atoms with van der Waals surface area (Å²) < 4.78 is 5.30. The highest BCUT2D eigenvalue weighted by molar-refractivity contribution is 5.55. The topological polar surface area (TPSA) is 59.2 Å². The van der Waals surface area contributed by atoms with Crippen molar-refractivity contribution in [1.29, 1.82) is 0 Å². The predicted octanol–water partition coefficient (Wildman–Crippen LogP) is 3.65. The molecule has 0 amide bonds. The summed E-state index contributed by atoms with van der Waals surface area (Å²) in [5, 5.41) is 13.3. The Morgan fingerprint density at radius 1 is 1.00 bits per heavy atom. The van der Waals surface area contributed by atoms with Crippen molar-refractivity contribution >= 4 is 0 Å². The van der Waals surface area contributed by atoms with Crippen LogP contribution in [0, 0.1) is 13.8 Å². The Kier molecular flexibility index (Phi) is 3.44. The smallest absolute Gasteiger partial charge is 0.231 e. The van der Waals surface area contributed by atoms with Gasteiger partial charge < -0.3 is 9.63 Å². The maximum atomic E-state index is 9.29. The van der Waals surface area contributed by atoms with Crippen molar-refractivity contribution in [2.75, 3.05) is 0 Å². The number of aromatic hydroxyl groups is 1. The van der Waals surface area contributed by atoms with Gasteiger partial charge in [-0.05, 0) is 54.8 Å². The highest BCUT2D eigenvalue weighted by Crippen LogP contribution is 2.20. The van der Waals surface area contributed by atoms with Gasteiger partial charge in [0.2, 0.25) is 11.7 Å². The van der Waals surface area contributed by atoms with Crippen LogP contribution in [0.2, 0.25) is 0 Å². The molecule has 3 aromatic rings. The van der Waals surface area contributed by atoms with E-state index in [0.717, 1.165) is 11.1 Å². The van der Waals surface area contributed by atoms with E-state index in [1.165, 1.54) is 11.1 Å². The minimum Gasteiger partial charge on any atom is -0.508 e. The van der Waals surface area contributed by atoms with Crippen LogP contribution in [-0.2, 0) is 6.42 Å². The molecule has 0 saturated heterocycles. The third-order valence-electron chi connectivity index (χ3n) is 3.52. The van der Waals surface area contributed by atoms with Crippen molar-refractivity contribution in [2.24, 2.45) is 0 Å². The van der Waals surface area contributed by atoms with Gasteiger partial charge in [-0.1, -0.05) is 23.4 Å². The minimum atomic E-state index is 0.220. The van der Waals surface area contributed by atoms with Crippen molar-refractivity contribution in [3.63, 3.8) is 0 Å². The molecule has 0 aliphatic rings. The molecule has 3 rings (SSSR count). The second-order valence-electron chi connectivity index (χ2n) is 5.15. The zero-order chi connectivity index (χ0) is 14.8. The molecule has 0 aliphatic heterocycles. The van der Waals surface area contributed by atoms with Crippen LogP contribution in [0.25, 0.3) is 11.4 Å². The van der Waals surface area contributed by atoms with Crippen LogP contribution in [0.4, 0.5) is 0 Å². The van der Waals surface area contributed by atoms with Gasteiger partial charge in [0.1, 0.15) is 5.75 Å². The number of phenolic OH excluding ortho intramolecular Hbond substituents is 1. The molecule has 4 heteroatoms. The average Bonchev–Trinajstić information content (AvgIpc) is 2.92. The van der Waals surface area contributed by atoms with Gasteiger partial charge in [0, 0.05) is 5.56 Å². The molecule has 0 saturated carbocycles. The number of benzene rings is 2. The number of hydrogen-bond acceptors (Lipinski definition) is 4. The lowest BCUT2D eigenvalue weighted by molar-refractivity contribution is 0.385. The van der Waals surface area contributed by atoms with E-state index >= 15 is 0 Å². The summed E-state index contributed by atoms with van der Waals surface area (Å²) in [4.78, 5) is 4.40. The van der Waals surface area contributed by atoms with E-state index in [2.05, 4.69) is 42.2 Å². The fourth-order valence-corrected chi connectivity index (χ4v) is 2.14. The van der Waals surface area contributed by atoms with Crippen LogP contribution in [0.3, 0.4) is 0 Å². The van der Waals surface area contributed by atoms with Gasteiger partial charge in [0.25, 0.3) is 0 Å². The van der Waals surface area contributed by atoms with Gasteiger partial charge in [-0.2, -0.15) is 4.98 Å². The minimum absolute atomic E-state index is 0.220. The molecular weight excluding hydrogens is 264 g/mol. The Labute approximate surface area is 123 Å². The SMILES string of the molecule is Cc1ccc(Cc2nc(-c3ccc(O)cc3)no2)cc1C. The number of phenols is 1. The summed E-state index contributed by atoms with van der Waals surface area (Å²) >= 11 is 0. The van der Waals surface area contributed by atoms with Crippen LogP contribution < -0.4 is 0 Å². The first-order valence-electron chi connectivity index (χ1n) is 6.80. The number of hydrogen-bond donors (Lipinski definition) is 1. The lowest BCUT2D eigenvalue weighted by atomic mass is 10.0. The fourth-order valence-electron chi connectivity index (χ4n) is 2.14. The Hall–Kier alpha value is -2.62. The molecule has 106 valence electrons. The van der Waals surface area contributed by atoms with Crippen molar-refractivity contribution in [3.05, 3.63) is 65.0 Å². The van der Waals surface area contributed by atoms with E-state index in [1.807, 2.05) is 0 Å².